The smallest absolute Gasteiger partial charge is 0.288 e. The van der Waals surface area contributed by atoms with E-state index in [0.29, 0.717) is 12.0 Å². The summed E-state index contributed by atoms with van der Waals surface area (Å²) in [5.74, 6) is 0.847. The van der Waals surface area contributed by atoms with Crippen molar-refractivity contribution < 1.29 is 9.59 Å². The minimum absolute atomic E-state index is 0.299. The molecular weight excluding hydrogens is 182 g/mol. The second-order valence-corrected chi connectivity index (χ2v) is 4.27. The van der Waals surface area contributed by atoms with Crippen LogP contribution in [0, 0.1) is 11.8 Å². The highest BCUT2D eigenvalue weighted by atomic mass is 16.2. The second-order valence-electron chi connectivity index (χ2n) is 4.27. The number of rotatable bonds is 1. The highest BCUT2D eigenvalue weighted by Gasteiger charge is 2.46. The van der Waals surface area contributed by atoms with Crippen molar-refractivity contribution in [2.75, 3.05) is 0 Å². The predicted octanol–water partition coefficient (Wildman–Crippen LogP) is -0.613. The fraction of sp³-hybridized carbons (Fsp3) is 0.667. The Kier molecular flexibility index (Phi) is 1.45. The van der Waals surface area contributed by atoms with Gasteiger partial charge in [-0.25, -0.2) is 4.99 Å². The van der Waals surface area contributed by atoms with E-state index in [9.17, 15) is 9.59 Å². The van der Waals surface area contributed by atoms with Gasteiger partial charge in [0.25, 0.3) is 0 Å². The zero-order valence-corrected chi connectivity index (χ0v) is 7.62. The van der Waals surface area contributed by atoms with Crippen LogP contribution in [0.1, 0.15) is 19.3 Å². The predicted molar refractivity (Wildman–Crippen MR) is 48.3 cm³/mol. The van der Waals surface area contributed by atoms with Gasteiger partial charge in [-0.3, -0.25) is 20.2 Å². The molecule has 3 rings (SSSR count). The van der Waals surface area contributed by atoms with Gasteiger partial charge in [0.2, 0.25) is 5.96 Å². The summed E-state index contributed by atoms with van der Waals surface area (Å²) in [6.07, 6.45) is 3.57. The van der Waals surface area contributed by atoms with Gasteiger partial charge in [0.15, 0.2) is 0 Å². The van der Waals surface area contributed by atoms with Gasteiger partial charge in [0.1, 0.15) is 0 Å². The summed E-state index contributed by atoms with van der Waals surface area (Å²) in [5, 5.41) is 4.82. The van der Waals surface area contributed by atoms with Crippen molar-refractivity contribution in [3.05, 3.63) is 0 Å². The van der Waals surface area contributed by atoms with E-state index in [1.54, 1.807) is 0 Å². The van der Waals surface area contributed by atoms with E-state index in [0.717, 1.165) is 24.7 Å². The maximum atomic E-state index is 10.8. The summed E-state index contributed by atoms with van der Waals surface area (Å²) < 4.78 is 0. The number of nitrogens with one attached hydrogen (secondary N) is 2. The molecule has 1 heterocycles. The topological polar surface area (TPSA) is 70.6 Å². The fourth-order valence-electron chi connectivity index (χ4n) is 2.40. The Morgan fingerprint density at radius 1 is 1.00 bits per heavy atom. The standard InChI is InChI=1S/C9H11N3O2/c13-7-8(14)12-9(11-7)10-6-2-4-1-5(4)3-6/h4-6H,1-3H2,(H2,10,11,12,13,14). The molecule has 2 N–H and O–H groups in total. The summed E-state index contributed by atoms with van der Waals surface area (Å²) in [4.78, 5) is 26.0. The van der Waals surface area contributed by atoms with Gasteiger partial charge in [-0.05, 0) is 31.1 Å². The number of aliphatic imine (C=N–C) groups is 1. The van der Waals surface area contributed by atoms with E-state index in [1.165, 1.54) is 6.42 Å². The molecule has 2 aliphatic carbocycles. The summed E-state index contributed by atoms with van der Waals surface area (Å²) >= 11 is 0. The van der Waals surface area contributed by atoms with Crippen molar-refractivity contribution in [2.24, 2.45) is 16.8 Å². The molecular formula is C9H11N3O2. The van der Waals surface area contributed by atoms with Gasteiger partial charge in [-0.15, -0.1) is 0 Å². The monoisotopic (exact) mass is 193 g/mol. The molecule has 5 heteroatoms. The molecule has 0 aromatic carbocycles. The lowest BCUT2D eigenvalue weighted by molar-refractivity contribution is -0.135. The molecule has 0 aromatic rings. The minimum atomic E-state index is -0.605. The van der Waals surface area contributed by atoms with Crippen molar-refractivity contribution in [3.63, 3.8) is 0 Å². The summed E-state index contributed by atoms with van der Waals surface area (Å²) in [6.45, 7) is 0. The third-order valence-electron chi connectivity index (χ3n) is 3.20. The summed E-state index contributed by atoms with van der Waals surface area (Å²) in [6, 6.07) is 0.299. The highest BCUT2D eigenvalue weighted by molar-refractivity contribution is 6.45. The van der Waals surface area contributed by atoms with E-state index in [2.05, 4.69) is 15.6 Å². The van der Waals surface area contributed by atoms with Crippen LogP contribution in [0.25, 0.3) is 0 Å². The van der Waals surface area contributed by atoms with E-state index < -0.39 is 11.8 Å². The lowest BCUT2D eigenvalue weighted by Crippen LogP contribution is -2.27. The van der Waals surface area contributed by atoms with Gasteiger partial charge >= 0.3 is 11.8 Å². The lowest BCUT2D eigenvalue weighted by atomic mass is 10.2. The number of amides is 2. The molecule has 14 heavy (non-hydrogen) atoms. The average Bonchev–Trinajstić information content (AvgIpc) is 2.60. The lowest BCUT2D eigenvalue weighted by Gasteiger charge is -2.06. The Labute approximate surface area is 81.0 Å². The van der Waals surface area contributed by atoms with Gasteiger partial charge in [0.05, 0.1) is 6.04 Å². The number of carbonyl (C=O) groups excluding carboxylic acids is 2. The van der Waals surface area contributed by atoms with Crippen LogP contribution in [0.5, 0.6) is 0 Å². The van der Waals surface area contributed by atoms with Gasteiger partial charge in [0, 0.05) is 0 Å². The molecule has 3 fully saturated rings. The molecule has 0 spiro atoms. The molecule has 2 saturated carbocycles. The molecule has 2 unspecified atom stereocenters. The van der Waals surface area contributed by atoms with Crippen LogP contribution in [-0.2, 0) is 9.59 Å². The average molecular weight is 193 g/mol. The van der Waals surface area contributed by atoms with E-state index >= 15 is 0 Å². The molecule has 0 bridgehead atoms. The van der Waals surface area contributed by atoms with Crippen LogP contribution in [0.2, 0.25) is 0 Å². The minimum Gasteiger partial charge on any atom is -0.288 e. The SMILES string of the molecule is O=C1NC(=NC2CC3CC3C2)NC1=O. The van der Waals surface area contributed by atoms with Gasteiger partial charge in [-0.2, -0.15) is 0 Å². The molecule has 2 atom stereocenters. The van der Waals surface area contributed by atoms with Crippen molar-refractivity contribution in [3.8, 4) is 0 Å². The third-order valence-corrected chi connectivity index (χ3v) is 3.20. The largest absolute Gasteiger partial charge is 0.316 e. The summed E-state index contributed by atoms with van der Waals surface area (Å²) in [7, 11) is 0. The molecule has 1 saturated heterocycles. The van der Waals surface area contributed by atoms with Crippen molar-refractivity contribution in [2.45, 2.75) is 25.3 Å². The number of hydrogen-bond donors (Lipinski definition) is 2. The molecule has 1 aliphatic heterocycles. The van der Waals surface area contributed by atoms with Crippen molar-refractivity contribution >= 4 is 17.8 Å². The fourth-order valence-corrected chi connectivity index (χ4v) is 2.40. The van der Waals surface area contributed by atoms with Gasteiger partial charge < -0.3 is 0 Å². The van der Waals surface area contributed by atoms with Crippen molar-refractivity contribution in [1.82, 2.24) is 10.6 Å². The number of carbonyl (C=O) groups is 2. The highest BCUT2D eigenvalue weighted by Crippen LogP contribution is 2.52. The van der Waals surface area contributed by atoms with Gasteiger partial charge in [-0.1, -0.05) is 0 Å². The Balaban J connectivity index is 1.68. The number of nitrogens with zero attached hydrogens (tertiary/aromatic N) is 1. The molecule has 74 valence electrons. The molecule has 2 amide bonds. The Morgan fingerprint density at radius 2 is 1.57 bits per heavy atom. The first kappa shape index (κ1) is 7.96. The van der Waals surface area contributed by atoms with Crippen LogP contribution in [-0.4, -0.2) is 23.8 Å². The molecule has 0 radical (unpaired) electrons. The Hall–Kier alpha value is -1.39. The Morgan fingerprint density at radius 3 is 2.14 bits per heavy atom. The molecule has 0 aromatic heterocycles. The molecule has 3 aliphatic rings. The zero-order valence-electron chi connectivity index (χ0n) is 7.62. The number of fused-ring (bicyclic) bond motifs is 1. The van der Waals surface area contributed by atoms with Crippen molar-refractivity contribution in [1.29, 1.82) is 0 Å². The summed E-state index contributed by atoms with van der Waals surface area (Å²) in [5.41, 5.74) is 0. The maximum absolute atomic E-state index is 10.8. The zero-order chi connectivity index (χ0) is 9.71. The number of guanidine groups is 1. The second kappa shape index (κ2) is 2.56. The maximum Gasteiger partial charge on any atom is 0.316 e. The number of hydrogen-bond acceptors (Lipinski definition) is 3. The first-order chi connectivity index (χ1) is 6.72. The van der Waals surface area contributed by atoms with Crippen LogP contribution in [0.4, 0.5) is 0 Å². The van der Waals surface area contributed by atoms with E-state index in [4.69, 9.17) is 0 Å². The third kappa shape index (κ3) is 1.20. The van der Waals surface area contributed by atoms with Crippen LogP contribution < -0.4 is 10.6 Å². The first-order valence-electron chi connectivity index (χ1n) is 4.92. The van der Waals surface area contributed by atoms with Crippen LogP contribution in [0.15, 0.2) is 4.99 Å². The van der Waals surface area contributed by atoms with Crippen LogP contribution in [0.3, 0.4) is 0 Å². The normalized spacial score (nSPS) is 39.1. The first-order valence-corrected chi connectivity index (χ1v) is 4.92. The van der Waals surface area contributed by atoms with E-state index in [-0.39, 0.29) is 0 Å². The quantitative estimate of drug-likeness (QED) is 0.545. The van der Waals surface area contributed by atoms with Crippen LogP contribution >= 0.6 is 0 Å². The van der Waals surface area contributed by atoms with E-state index in [1.807, 2.05) is 0 Å². The molecule has 5 nitrogen and oxygen atoms in total. The Bertz CT molecular complexity index is 322.